The van der Waals surface area contributed by atoms with Crippen LogP contribution in [-0.2, 0) is 16.0 Å². The van der Waals surface area contributed by atoms with Crippen LogP contribution >= 0.6 is 0 Å². The maximum absolute atomic E-state index is 13.3. The monoisotopic (exact) mass is 411 g/mol. The minimum Gasteiger partial charge on any atom is -0.464 e. The molecule has 1 aromatic heterocycles. The summed E-state index contributed by atoms with van der Waals surface area (Å²) < 4.78 is 5.87. The molecule has 2 fully saturated rings. The number of hydrogen-bond donors (Lipinski definition) is 0. The van der Waals surface area contributed by atoms with Crippen LogP contribution in [0.4, 0.5) is 0 Å². The first kappa shape index (κ1) is 20.9. The number of rotatable bonds is 4. The fourth-order valence-electron chi connectivity index (χ4n) is 5.65. The molecular weight excluding hydrogens is 378 g/mol. The Balaban J connectivity index is 1.55. The maximum atomic E-state index is 13.3. The number of furan rings is 1. The van der Waals surface area contributed by atoms with E-state index in [4.69, 9.17) is 4.42 Å². The third-order valence-corrected chi connectivity index (χ3v) is 7.16. The van der Waals surface area contributed by atoms with Crippen LogP contribution in [0, 0.1) is 32.1 Å². The van der Waals surface area contributed by atoms with Crippen LogP contribution in [0.25, 0.3) is 11.0 Å². The van der Waals surface area contributed by atoms with E-state index in [0.717, 1.165) is 53.8 Å². The number of benzene rings is 1. The van der Waals surface area contributed by atoms with Gasteiger partial charge in [-0.2, -0.15) is 0 Å². The zero-order chi connectivity index (χ0) is 21.8. The summed E-state index contributed by atoms with van der Waals surface area (Å²) in [5, 5.41) is 1.08. The van der Waals surface area contributed by atoms with Crippen molar-refractivity contribution in [3.8, 4) is 0 Å². The molecular formula is C24H33N3O3. The van der Waals surface area contributed by atoms with Gasteiger partial charge in [0.25, 0.3) is 0 Å². The van der Waals surface area contributed by atoms with Gasteiger partial charge in [0.05, 0.1) is 12.7 Å². The number of carbonyl (C=O) groups is 2. The summed E-state index contributed by atoms with van der Waals surface area (Å²) in [7, 11) is 4.13. The second-order valence-electron chi connectivity index (χ2n) is 9.75. The summed E-state index contributed by atoms with van der Waals surface area (Å²) in [4.78, 5) is 31.4. The molecule has 0 aliphatic carbocycles. The van der Waals surface area contributed by atoms with Crippen molar-refractivity contribution in [3.05, 3.63) is 34.6 Å². The highest BCUT2D eigenvalue weighted by atomic mass is 16.3. The Morgan fingerprint density at radius 1 is 1.13 bits per heavy atom. The summed E-state index contributed by atoms with van der Waals surface area (Å²) in [6.07, 6.45) is 2.11. The number of hydrogen-bond acceptors (Lipinski definition) is 4. The van der Waals surface area contributed by atoms with Gasteiger partial charge < -0.3 is 19.1 Å². The number of nitrogens with zero attached hydrogens (tertiary/aromatic N) is 3. The summed E-state index contributed by atoms with van der Waals surface area (Å²) in [6.45, 7) is 11.7. The molecule has 0 spiro atoms. The zero-order valence-corrected chi connectivity index (χ0v) is 19.0. The van der Waals surface area contributed by atoms with E-state index >= 15 is 0 Å². The van der Waals surface area contributed by atoms with Crippen LogP contribution in [0.2, 0.25) is 0 Å². The van der Waals surface area contributed by atoms with Crippen LogP contribution in [0.15, 0.2) is 16.7 Å². The highest BCUT2D eigenvalue weighted by Gasteiger charge is 2.54. The smallest absolute Gasteiger partial charge is 0.227 e. The molecule has 30 heavy (non-hydrogen) atoms. The van der Waals surface area contributed by atoms with E-state index in [0.29, 0.717) is 18.9 Å². The standard InChI is InChI=1S/C24H33N3O3/c1-15-7-16(2)22-19(11-30-23(22)17(15)3)8-21(29)27-10-20-9-26(18(4)28)13-24(20,14-27)12-25(5)6/h7,11,20H,8-10,12-14H2,1-6H3/t20-,24+/m1/s1. The molecule has 0 radical (unpaired) electrons. The quantitative estimate of drug-likeness (QED) is 0.776. The third-order valence-electron chi connectivity index (χ3n) is 7.16. The molecule has 2 aromatic rings. The molecule has 6 nitrogen and oxygen atoms in total. The van der Waals surface area contributed by atoms with Crippen LogP contribution in [0.3, 0.4) is 0 Å². The maximum Gasteiger partial charge on any atom is 0.227 e. The molecule has 6 heteroatoms. The van der Waals surface area contributed by atoms with Crippen molar-refractivity contribution in [1.29, 1.82) is 0 Å². The average Bonchev–Trinajstić information content (AvgIpc) is 3.29. The van der Waals surface area contributed by atoms with E-state index in [-0.39, 0.29) is 17.2 Å². The SMILES string of the molecule is CC(=O)N1C[C@@H]2CN(C(=O)Cc3coc4c(C)c(C)cc(C)c34)C[C@]2(CN(C)C)C1. The summed E-state index contributed by atoms with van der Waals surface area (Å²) in [5.74, 6) is 0.615. The van der Waals surface area contributed by atoms with Crippen molar-refractivity contribution in [2.75, 3.05) is 46.8 Å². The highest BCUT2D eigenvalue weighted by Crippen LogP contribution is 2.43. The molecule has 0 N–H and O–H groups in total. The largest absolute Gasteiger partial charge is 0.464 e. The molecule has 4 rings (SSSR count). The summed E-state index contributed by atoms with van der Waals surface area (Å²) in [5.41, 5.74) is 5.34. The molecule has 2 saturated heterocycles. The van der Waals surface area contributed by atoms with Gasteiger partial charge in [0.2, 0.25) is 11.8 Å². The van der Waals surface area contributed by atoms with Crippen molar-refractivity contribution in [3.63, 3.8) is 0 Å². The van der Waals surface area contributed by atoms with Gasteiger partial charge in [-0.3, -0.25) is 9.59 Å². The van der Waals surface area contributed by atoms with Crippen molar-refractivity contribution in [1.82, 2.24) is 14.7 Å². The molecule has 2 aliphatic rings. The van der Waals surface area contributed by atoms with Gasteiger partial charge in [-0.15, -0.1) is 0 Å². The topological polar surface area (TPSA) is 57.0 Å². The second-order valence-corrected chi connectivity index (χ2v) is 9.75. The Bertz CT molecular complexity index is 1010. The molecule has 2 atom stereocenters. The minimum atomic E-state index is -0.0348. The van der Waals surface area contributed by atoms with Gasteiger partial charge in [0, 0.05) is 61.9 Å². The Hall–Kier alpha value is -2.34. The lowest BCUT2D eigenvalue weighted by Crippen LogP contribution is -2.43. The van der Waals surface area contributed by atoms with Gasteiger partial charge in [0.15, 0.2) is 0 Å². The third kappa shape index (κ3) is 3.41. The lowest BCUT2D eigenvalue weighted by molar-refractivity contribution is -0.130. The van der Waals surface area contributed by atoms with Crippen LogP contribution < -0.4 is 0 Å². The molecule has 1 aromatic carbocycles. The number of likely N-dealkylation sites (tertiary alicyclic amines) is 2. The van der Waals surface area contributed by atoms with Gasteiger partial charge in [-0.1, -0.05) is 6.07 Å². The van der Waals surface area contributed by atoms with E-state index < -0.39 is 0 Å². The fraction of sp³-hybridized carbons (Fsp3) is 0.583. The number of amides is 2. The Kier molecular flexibility index (Phi) is 5.17. The fourth-order valence-corrected chi connectivity index (χ4v) is 5.65. The van der Waals surface area contributed by atoms with Gasteiger partial charge >= 0.3 is 0 Å². The van der Waals surface area contributed by atoms with E-state index in [1.54, 1.807) is 13.2 Å². The van der Waals surface area contributed by atoms with Crippen molar-refractivity contribution in [2.45, 2.75) is 34.1 Å². The summed E-state index contributed by atoms with van der Waals surface area (Å²) >= 11 is 0. The predicted octanol–water partition coefficient (Wildman–Crippen LogP) is 2.77. The van der Waals surface area contributed by atoms with Gasteiger partial charge in [-0.25, -0.2) is 0 Å². The Labute approximate surface area is 178 Å². The van der Waals surface area contributed by atoms with Crippen molar-refractivity contribution in [2.24, 2.45) is 11.3 Å². The molecule has 0 saturated carbocycles. The average molecular weight is 412 g/mol. The zero-order valence-electron chi connectivity index (χ0n) is 19.0. The number of fused-ring (bicyclic) bond motifs is 2. The van der Waals surface area contributed by atoms with Gasteiger partial charge in [-0.05, 0) is 51.6 Å². The Morgan fingerprint density at radius 3 is 2.47 bits per heavy atom. The molecule has 3 heterocycles. The number of aryl methyl sites for hydroxylation is 3. The van der Waals surface area contributed by atoms with Crippen LogP contribution in [0.5, 0.6) is 0 Å². The summed E-state index contributed by atoms with van der Waals surface area (Å²) in [6, 6.07) is 2.17. The number of carbonyl (C=O) groups excluding carboxylic acids is 2. The highest BCUT2D eigenvalue weighted by molar-refractivity contribution is 5.92. The van der Waals surface area contributed by atoms with Gasteiger partial charge in [0.1, 0.15) is 5.58 Å². The first-order valence-electron chi connectivity index (χ1n) is 10.8. The minimum absolute atomic E-state index is 0.0348. The molecule has 2 aliphatic heterocycles. The molecule has 162 valence electrons. The second kappa shape index (κ2) is 7.41. The van der Waals surface area contributed by atoms with Crippen LogP contribution in [-0.4, -0.2) is 73.3 Å². The van der Waals surface area contributed by atoms with E-state index in [2.05, 4.69) is 45.8 Å². The molecule has 0 unspecified atom stereocenters. The predicted molar refractivity (Wildman–Crippen MR) is 117 cm³/mol. The van der Waals surface area contributed by atoms with Crippen LogP contribution in [0.1, 0.15) is 29.2 Å². The van der Waals surface area contributed by atoms with E-state index in [9.17, 15) is 9.59 Å². The lowest BCUT2D eigenvalue weighted by Gasteiger charge is -2.32. The molecule has 0 bridgehead atoms. The van der Waals surface area contributed by atoms with Crippen molar-refractivity contribution < 1.29 is 14.0 Å². The normalized spacial score (nSPS) is 23.6. The van der Waals surface area contributed by atoms with E-state index in [1.807, 2.05) is 9.80 Å². The van der Waals surface area contributed by atoms with Crippen molar-refractivity contribution >= 4 is 22.8 Å². The first-order valence-corrected chi connectivity index (χ1v) is 10.8. The molecule has 2 amide bonds. The lowest BCUT2D eigenvalue weighted by atomic mass is 9.80. The first-order chi connectivity index (χ1) is 14.1. The van der Waals surface area contributed by atoms with E-state index in [1.165, 1.54) is 5.56 Å². The Morgan fingerprint density at radius 2 is 1.80 bits per heavy atom.